The molecule has 4 heteroatoms. The number of likely N-dealkylation sites (tertiary alicyclic amines) is 1. The predicted octanol–water partition coefficient (Wildman–Crippen LogP) is 0.547. The van der Waals surface area contributed by atoms with Crippen molar-refractivity contribution in [2.24, 2.45) is 11.3 Å². The molecule has 0 amide bonds. The zero-order valence-corrected chi connectivity index (χ0v) is 7.52. The van der Waals surface area contributed by atoms with Gasteiger partial charge in [-0.15, -0.1) is 0 Å². The van der Waals surface area contributed by atoms with E-state index < -0.39 is 5.92 Å². The quantitative estimate of drug-likeness (QED) is 0.680. The van der Waals surface area contributed by atoms with Crippen molar-refractivity contribution in [1.29, 1.82) is 0 Å². The van der Waals surface area contributed by atoms with Crippen molar-refractivity contribution in [2.45, 2.75) is 12.3 Å². The molecule has 74 valence electrons. The lowest BCUT2D eigenvalue weighted by molar-refractivity contribution is -0.0481. The Morgan fingerprint density at radius 2 is 1.92 bits per heavy atom. The Morgan fingerprint density at radius 1 is 1.31 bits per heavy atom. The number of nitrogens with zero attached hydrogens (tertiary/aromatic N) is 1. The smallest absolute Gasteiger partial charge is 0.252 e. The molecule has 13 heavy (non-hydrogen) atoms. The van der Waals surface area contributed by atoms with E-state index in [0.717, 1.165) is 26.2 Å². The van der Waals surface area contributed by atoms with E-state index in [-0.39, 0.29) is 12.3 Å². The highest BCUT2D eigenvalue weighted by Gasteiger charge is 2.59. The fourth-order valence-corrected chi connectivity index (χ4v) is 2.51. The number of hydrogen-bond donors (Lipinski definition) is 1. The molecule has 1 N–H and O–H groups in total. The van der Waals surface area contributed by atoms with Crippen LogP contribution in [0.2, 0.25) is 0 Å². The van der Waals surface area contributed by atoms with Crippen LogP contribution in [0, 0.1) is 11.3 Å². The molecule has 1 aliphatic carbocycles. The molecule has 1 saturated carbocycles. The highest BCUT2D eigenvalue weighted by Crippen LogP contribution is 2.50. The van der Waals surface area contributed by atoms with Crippen molar-refractivity contribution in [2.75, 3.05) is 32.7 Å². The molecule has 0 aromatic carbocycles. The Morgan fingerprint density at radius 3 is 2.31 bits per heavy atom. The fourth-order valence-electron chi connectivity index (χ4n) is 2.51. The normalized spacial score (nSPS) is 39.7. The van der Waals surface area contributed by atoms with Gasteiger partial charge in [-0.1, -0.05) is 0 Å². The van der Waals surface area contributed by atoms with E-state index >= 15 is 0 Å². The van der Waals surface area contributed by atoms with E-state index in [4.69, 9.17) is 0 Å². The number of halogens is 2. The first-order valence-corrected chi connectivity index (χ1v) is 4.91. The van der Waals surface area contributed by atoms with Gasteiger partial charge in [-0.2, -0.15) is 0 Å². The summed E-state index contributed by atoms with van der Waals surface area (Å²) < 4.78 is 25.1. The van der Waals surface area contributed by atoms with E-state index in [9.17, 15) is 8.78 Å². The summed E-state index contributed by atoms with van der Waals surface area (Å²) in [4.78, 5) is 2.17. The predicted molar refractivity (Wildman–Crippen MR) is 44.8 cm³/mol. The van der Waals surface area contributed by atoms with Gasteiger partial charge in [0.2, 0.25) is 0 Å². The van der Waals surface area contributed by atoms with E-state index in [1.165, 1.54) is 0 Å². The SMILES string of the molecule is FC1(F)CC1CN1CC2(CNC2)C1. The van der Waals surface area contributed by atoms with Crippen LogP contribution in [0.15, 0.2) is 0 Å². The molecule has 1 spiro atoms. The standard InChI is InChI=1S/C9H14F2N2/c10-9(11)1-7(9)2-13-5-8(6-13)3-12-4-8/h7,12H,1-6H2. The molecule has 2 heterocycles. The lowest BCUT2D eigenvalue weighted by Crippen LogP contribution is -2.71. The van der Waals surface area contributed by atoms with E-state index in [1.807, 2.05) is 0 Å². The largest absolute Gasteiger partial charge is 0.315 e. The fraction of sp³-hybridized carbons (Fsp3) is 1.00. The second kappa shape index (κ2) is 2.23. The van der Waals surface area contributed by atoms with Gasteiger partial charge in [0.05, 0.1) is 0 Å². The summed E-state index contributed by atoms with van der Waals surface area (Å²) >= 11 is 0. The topological polar surface area (TPSA) is 15.3 Å². The lowest BCUT2D eigenvalue weighted by atomic mass is 9.74. The zero-order valence-electron chi connectivity index (χ0n) is 7.52. The molecule has 2 aliphatic heterocycles. The first-order chi connectivity index (χ1) is 6.10. The van der Waals surface area contributed by atoms with E-state index in [1.54, 1.807) is 0 Å². The van der Waals surface area contributed by atoms with E-state index in [2.05, 4.69) is 10.2 Å². The van der Waals surface area contributed by atoms with Crippen LogP contribution in [-0.2, 0) is 0 Å². The Hall–Kier alpha value is -0.220. The summed E-state index contributed by atoms with van der Waals surface area (Å²) in [6.07, 6.45) is 0.120. The van der Waals surface area contributed by atoms with Crippen LogP contribution in [0.25, 0.3) is 0 Å². The van der Waals surface area contributed by atoms with Crippen LogP contribution >= 0.6 is 0 Å². The van der Waals surface area contributed by atoms with Crippen molar-refractivity contribution in [3.8, 4) is 0 Å². The van der Waals surface area contributed by atoms with E-state index in [0.29, 0.717) is 12.0 Å². The second-order valence-electron chi connectivity index (χ2n) is 4.94. The number of rotatable bonds is 2. The average Bonchev–Trinajstić information content (AvgIpc) is 2.44. The van der Waals surface area contributed by atoms with Crippen LogP contribution in [0.5, 0.6) is 0 Å². The monoisotopic (exact) mass is 188 g/mol. The number of nitrogens with one attached hydrogen (secondary N) is 1. The lowest BCUT2D eigenvalue weighted by Gasteiger charge is -2.56. The third-order valence-corrected chi connectivity index (χ3v) is 3.55. The van der Waals surface area contributed by atoms with Crippen molar-refractivity contribution in [1.82, 2.24) is 10.2 Å². The molecule has 3 aliphatic rings. The minimum atomic E-state index is -2.33. The molecular weight excluding hydrogens is 174 g/mol. The molecule has 2 saturated heterocycles. The number of hydrogen-bond acceptors (Lipinski definition) is 2. The Kier molecular flexibility index (Phi) is 1.39. The average molecular weight is 188 g/mol. The summed E-state index contributed by atoms with van der Waals surface area (Å²) in [5.74, 6) is -2.67. The molecule has 1 unspecified atom stereocenters. The van der Waals surface area contributed by atoms with Gasteiger partial charge >= 0.3 is 0 Å². The van der Waals surface area contributed by atoms with Gasteiger partial charge < -0.3 is 10.2 Å². The van der Waals surface area contributed by atoms with Gasteiger partial charge in [-0.25, -0.2) is 8.78 Å². The van der Waals surface area contributed by atoms with Crippen LogP contribution in [0.3, 0.4) is 0 Å². The highest BCUT2D eigenvalue weighted by atomic mass is 19.3. The Labute approximate surface area is 76.3 Å². The van der Waals surface area contributed by atoms with Gasteiger partial charge in [0.1, 0.15) is 0 Å². The van der Waals surface area contributed by atoms with Crippen molar-refractivity contribution in [3.63, 3.8) is 0 Å². The summed E-state index contributed by atoms with van der Waals surface area (Å²) in [5.41, 5.74) is 0.476. The summed E-state index contributed by atoms with van der Waals surface area (Å²) in [6.45, 7) is 4.86. The molecule has 0 bridgehead atoms. The second-order valence-corrected chi connectivity index (χ2v) is 4.94. The molecule has 0 aromatic rings. The van der Waals surface area contributed by atoms with Gasteiger partial charge in [-0.05, 0) is 0 Å². The van der Waals surface area contributed by atoms with Gasteiger partial charge in [0.25, 0.3) is 5.92 Å². The maximum Gasteiger partial charge on any atom is 0.252 e. The van der Waals surface area contributed by atoms with Crippen LogP contribution < -0.4 is 5.32 Å². The number of alkyl halides is 2. The first kappa shape index (κ1) is 8.12. The molecular formula is C9H14F2N2. The maximum atomic E-state index is 12.6. The minimum absolute atomic E-state index is 0.120. The third kappa shape index (κ3) is 1.19. The van der Waals surface area contributed by atoms with Crippen LogP contribution in [0.1, 0.15) is 6.42 Å². The summed E-state index contributed by atoms with van der Waals surface area (Å²) in [5, 5.41) is 3.23. The third-order valence-electron chi connectivity index (χ3n) is 3.55. The van der Waals surface area contributed by atoms with Crippen molar-refractivity contribution in [3.05, 3.63) is 0 Å². The molecule has 0 radical (unpaired) electrons. The molecule has 2 nitrogen and oxygen atoms in total. The summed E-state index contributed by atoms with van der Waals surface area (Å²) in [7, 11) is 0. The summed E-state index contributed by atoms with van der Waals surface area (Å²) in [6, 6.07) is 0. The van der Waals surface area contributed by atoms with Crippen LogP contribution in [0.4, 0.5) is 8.78 Å². The Balaban J connectivity index is 1.45. The van der Waals surface area contributed by atoms with Gasteiger partial charge in [0.15, 0.2) is 0 Å². The molecule has 0 aromatic heterocycles. The minimum Gasteiger partial charge on any atom is -0.315 e. The molecule has 1 atom stereocenters. The zero-order chi connectivity index (χ0) is 9.10. The Bertz CT molecular complexity index is 230. The molecule has 3 rings (SSSR count). The van der Waals surface area contributed by atoms with Gasteiger partial charge in [-0.3, -0.25) is 0 Å². The van der Waals surface area contributed by atoms with Crippen molar-refractivity contribution >= 4 is 0 Å². The van der Waals surface area contributed by atoms with Crippen LogP contribution in [-0.4, -0.2) is 43.5 Å². The molecule has 3 fully saturated rings. The van der Waals surface area contributed by atoms with Gasteiger partial charge in [0, 0.05) is 50.5 Å². The van der Waals surface area contributed by atoms with Crippen molar-refractivity contribution < 1.29 is 8.78 Å². The highest BCUT2D eigenvalue weighted by molar-refractivity contribution is 5.06. The maximum absolute atomic E-state index is 12.6. The first-order valence-electron chi connectivity index (χ1n) is 4.91.